The fourth-order valence-corrected chi connectivity index (χ4v) is 1.31. The number of aliphatic imine (C=N–C) groups is 2. The Morgan fingerprint density at radius 2 is 2.29 bits per heavy atom. The van der Waals surface area contributed by atoms with Crippen molar-refractivity contribution in [3.05, 3.63) is 35.7 Å². The monoisotopic (exact) mass is 186 g/mol. The van der Waals surface area contributed by atoms with E-state index in [0.717, 1.165) is 17.0 Å². The first-order chi connectivity index (χ1) is 6.77. The Labute approximate surface area is 81.8 Å². The van der Waals surface area contributed by atoms with Gasteiger partial charge >= 0.3 is 0 Å². The van der Waals surface area contributed by atoms with Crippen LogP contribution >= 0.6 is 0 Å². The van der Waals surface area contributed by atoms with Gasteiger partial charge in [0.15, 0.2) is 0 Å². The molecule has 0 aromatic heterocycles. The largest absolute Gasteiger partial charge is 0.384 e. The molecular weight excluding hydrogens is 176 g/mol. The van der Waals surface area contributed by atoms with Crippen LogP contribution in [-0.4, -0.2) is 17.8 Å². The second kappa shape index (κ2) is 3.41. The van der Waals surface area contributed by atoms with Crippen molar-refractivity contribution >= 4 is 17.8 Å². The normalized spacial score (nSPS) is 19.0. The van der Waals surface area contributed by atoms with Crippen molar-refractivity contribution in [2.24, 2.45) is 15.7 Å². The van der Waals surface area contributed by atoms with Crippen molar-refractivity contribution in [2.45, 2.75) is 6.42 Å². The average Bonchev–Trinajstić information content (AvgIpc) is 2.41. The van der Waals surface area contributed by atoms with Crippen molar-refractivity contribution in [3.8, 4) is 0 Å². The standard InChI is InChI=1S/C10H10N4/c11-10(12)7-2-3-8-9(6-7)14-5-1-4-13-8/h1-5H,6H2,(H3,11,12). The Balaban J connectivity index is 2.38. The van der Waals surface area contributed by atoms with E-state index in [0.29, 0.717) is 6.42 Å². The van der Waals surface area contributed by atoms with Crippen molar-refractivity contribution in [2.75, 3.05) is 0 Å². The van der Waals surface area contributed by atoms with Gasteiger partial charge in [-0.3, -0.25) is 15.4 Å². The molecular formula is C10H10N4. The number of amidine groups is 1. The molecule has 1 aliphatic carbocycles. The number of hydrogen-bond acceptors (Lipinski definition) is 3. The van der Waals surface area contributed by atoms with Gasteiger partial charge in [-0.25, -0.2) is 0 Å². The van der Waals surface area contributed by atoms with Gasteiger partial charge in [0, 0.05) is 18.8 Å². The van der Waals surface area contributed by atoms with E-state index in [1.165, 1.54) is 0 Å². The first-order valence-electron chi connectivity index (χ1n) is 4.29. The van der Waals surface area contributed by atoms with E-state index >= 15 is 0 Å². The van der Waals surface area contributed by atoms with Crippen LogP contribution in [0.15, 0.2) is 45.7 Å². The summed E-state index contributed by atoms with van der Waals surface area (Å²) < 4.78 is 0. The molecule has 1 heterocycles. The number of fused-ring (bicyclic) bond motifs is 1. The predicted molar refractivity (Wildman–Crippen MR) is 57.8 cm³/mol. The van der Waals surface area contributed by atoms with Gasteiger partial charge in [0.05, 0.1) is 11.4 Å². The molecule has 0 aromatic carbocycles. The van der Waals surface area contributed by atoms with Gasteiger partial charge in [-0.05, 0) is 17.7 Å². The van der Waals surface area contributed by atoms with Crippen LogP contribution in [-0.2, 0) is 0 Å². The van der Waals surface area contributed by atoms with E-state index in [-0.39, 0.29) is 5.84 Å². The van der Waals surface area contributed by atoms with Crippen LogP contribution in [0, 0.1) is 5.41 Å². The van der Waals surface area contributed by atoms with E-state index in [9.17, 15) is 0 Å². The van der Waals surface area contributed by atoms with E-state index in [1.54, 1.807) is 18.5 Å². The highest BCUT2D eigenvalue weighted by atomic mass is 14.8. The maximum atomic E-state index is 7.32. The second-order valence-electron chi connectivity index (χ2n) is 3.03. The highest BCUT2D eigenvalue weighted by molar-refractivity contribution is 6.10. The van der Waals surface area contributed by atoms with Crippen LogP contribution in [0.4, 0.5) is 0 Å². The van der Waals surface area contributed by atoms with Crippen LogP contribution < -0.4 is 5.73 Å². The minimum Gasteiger partial charge on any atom is -0.384 e. The molecule has 0 atom stereocenters. The molecule has 0 saturated carbocycles. The summed E-state index contributed by atoms with van der Waals surface area (Å²) in [6, 6.07) is 0. The van der Waals surface area contributed by atoms with Gasteiger partial charge in [0.25, 0.3) is 0 Å². The third-order valence-corrected chi connectivity index (χ3v) is 2.06. The van der Waals surface area contributed by atoms with Crippen molar-refractivity contribution in [3.63, 3.8) is 0 Å². The maximum absolute atomic E-state index is 7.32. The molecule has 0 bridgehead atoms. The summed E-state index contributed by atoms with van der Waals surface area (Å²) in [6.45, 7) is 0. The molecule has 70 valence electrons. The fraction of sp³-hybridized carbons (Fsp3) is 0.100. The topological polar surface area (TPSA) is 74.6 Å². The molecule has 0 spiro atoms. The van der Waals surface area contributed by atoms with E-state index in [2.05, 4.69) is 9.98 Å². The number of nitrogens with one attached hydrogen (secondary N) is 1. The summed E-state index contributed by atoms with van der Waals surface area (Å²) in [5, 5.41) is 7.32. The van der Waals surface area contributed by atoms with Gasteiger partial charge in [-0.1, -0.05) is 6.08 Å². The second-order valence-corrected chi connectivity index (χ2v) is 3.03. The number of rotatable bonds is 1. The van der Waals surface area contributed by atoms with E-state index in [4.69, 9.17) is 11.1 Å². The highest BCUT2D eigenvalue weighted by Gasteiger charge is 2.14. The Hall–Kier alpha value is -1.97. The molecule has 4 heteroatoms. The molecule has 0 unspecified atom stereocenters. The Bertz CT molecular complexity index is 421. The van der Waals surface area contributed by atoms with Gasteiger partial charge < -0.3 is 5.73 Å². The lowest BCUT2D eigenvalue weighted by Crippen LogP contribution is -2.18. The Kier molecular flexibility index (Phi) is 2.10. The van der Waals surface area contributed by atoms with E-state index < -0.39 is 0 Å². The summed E-state index contributed by atoms with van der Waals surface area (Å²) >= 11 is 0. The lowest BCUT2D eigenvalue weighted by Gasteiger charge is -2.12. The van der Waals surface area contributed by atoms with Crippen molar-refractivity contribution in [1.29, 1.82) is 5.41 Å². The molecule has 2 rings (SSSR count). The van der Waals surface area contributed by atoms with Gasteiger partial charge in [0.1, 0.15) is 5.84 Å². The first-order valence-corrected chi connectivity index (χ1v) is 4.29. The highest BCUT2D eigenvalue weighted by Crippen LogP contribution is 2.18. The zero-order valence-electron chi connectivity index (χ0n) is 7.57. The molecule has 2 aliphatic rings. The number of hydrogen-bond donors (Lipinski definition) is 2. The third kappa shape index (κ3) is 1.54. The number of allylic oxidation sites excluding steroid dienone is 4. The van der Waals surface area contributed by atoms with Crippen LogP contribution in [0.3, 0.4) is 0 Å². The molecule has 0 fully saturated rings. The molecule has 1 aliphatic heterocycles. The SMILES string of the molecule is N=C(N)C1=CC=C2N=CC=CN=C2C1. The van der Waals surface area contributed by atoms with Crippen LogP contribution in [0.2, 0.25) is 0 Å². The summed E-state index contributed by atoms with van der Waals surface area (Å²) in [7, 11) is 0. The summed E-state index contributed by atoms with van der Waals surface area (Å²) in [6.07, 6.45) is 9.42. The molecule has 14 heavy (non-hydrogen) atoms. The minimum absolute atomic E-state index is 0.0974. The minimum atomic E-state index is 0.0974. The van der Waals surface area contributed by atoms with Gasteiger partial charge in [0.2, 0.25) is 0 Å². The zero-order chi connectivity index (χ0) is 9.97. The quantitative estimate of drug-likeness (QED) is 0.468. The summed E-state index contributed by atoms with van der Waals surface area (Å²) in [5.74, 6) is 0.0974. The van der Waals surface area contributed by atoms with Crippen LogP contribution in [0.5, 0.6) is 0 Å². The van der Waals surface area contributed by atoms with Crippen LogP contribution in [0.25, 0.3) is 0 Å². The zero-order valence-corrected chi connectivity index (χ0v) is 7.57. The van der Waals surface area contributed by atoms with Gasteiger partial charge in [-0.2, -0.15) is 0 Å². The van der Waals surface area contributed by atoms with Crippen molar-refractivity contribution in [1.82, 2.24) is 0 Å². The summed E-state index contributed by atoms with van der Waals surface area (Å²) in [4.78, 5) is 8.43. The number of nitrogens with two attached hydrogens (primary N) is 1. The lowest BCUT2D eigenvalue weighted by molar-refractivity contribution is 1.25. The molecule has 0 saturated heterocycles. The third-order valence-electron chi connectivity index (χ3n) is 2.06. The molecule has 3 N–H and O–H groups in total. The molecule has 0 radical (unpaired) electrons. The molecule has 4 nitrogen and oxygen atoms in total. The van der Waals surface area contributed by atoms with E-state index in [1.807, 2.05) is 12.2 Å². The predicted octanol–water partition coefficient (Wildman–Crippen LogP) is 1.18. The van der Waals surface area contributed by atoms with Gasteiger partial charge in [-0.15, -0.1) is 0 Å². The van der Waals surface area contributed by atoms with Crippen molar-refractivity contribution < 1.29 is 0 Å². The Morgan fingerprint density at radius 1 is 1.43 bits per heavy atom. The lowest BCUT2D eigenvalue weighted by atomic mass is 10.00. The van der Waals surface area contributed by atoms with Crippen LogP contribution in [0.1, 0.15) is 6.42 Å². The number of nitrogens with zero attached hydrogens (tertiary/aromatic N) is 2. The molecule has 0 amide bonds. The Morgan fingerprint density at radius 3 is 3.07 bits per heavy atom. The maximum Gasteiger partial charge on any atom is 0.119 e. The smallest absolute Gasteiger partial charge is 0.119 e. The summed E-state index contributed by atoms with van der Waals surface area (Å²) in [5.41, 5.74) is 7.90. The average molecular weight is 186 g/mol. The first kappa shape index (κ1) is 8.62. The molecule has 0 aromatic rings. The fourth-order valence-electron chi connectivity index (χ4n) is 1.31.